The summed E-state index contributed by atoms with van der Waals surface area (Å²) in [5.74, 6) is 0. The molecule has 0 saturated heterocycles. The molecule has 2 nitrogen and oxygen atoms in total. The van der Waals surface area contributed by atoms with Gasteiger partial charge in [0.15, 0.2) is 0 Å². The van der Waals surface area contributed by atoms with Crippen molar-refractivity contribution < 1.29 is 13.2 Å². The molecule has 0 radical (unpaired) electrons. The Labute approximate surface area is 84.8 Å². The summed E-state index contributed by atoms with van der Waals surface area (Å²) in [7, 11) is 0. The van der Waals surface area contributed by atoms with Crippen LogP contribution in [0.4, 0.5) is 13.2 Å². The van der Waals surface area contributed by atoms with Gasteiger partial charge in [0.05, 0.1) is 11.3 Å². The van der Waals surface area contributed by atoms with Crippen LogP contribution in [0, 0.1) is 0 Å². The molecule has 80 valence electrons. The van der Waals surface area contributed by atoms with Gasteiger partial charge in [-0.3, -0.25) is 0 Å². The van der Waals surface area contributed by atoms with Crippen LogP contribution < -0.4 is 5.43 Å². The SMILES string of the molecule is FC(F)(F)c1ccc(C2=NNCC2)cc1. The lowest BCUT2D eigenvalue weighted by molar-refractivity contribution is -0.137. The molecule has 1 aromatic carbocycles. The van der Waals surface area contributed by atoms with E-state index in [0.29, 0.717) is 0 Å². The maximum Gasteiger partial charge on any atom is 0.416 e. The average Bonchev–Trinajstić information content (AvgIpc) is 2.69. The summed E-state index contributed by atoms with van der Waals surface area (Å²) in [6.45, 7) is 0.746. The summed E-state index contributed by atoms with van der Waals surface area (Å²) in [4.78, 5) is 0. The fraction of sp³-hybridized carbons (Fsp3) is 0.300. The summed E-state index contributed by atoms with van der Waals surface area (Å²) in [5.41, 5.74) is 3.71. The van der Waals surface area contributed by atoms with Gasteiger partial charge in [0.2, 0.25) is 0 Å². The molecule has 1 aromatic rings. The van der Waals surface area contributed by atoms with Crippen molar-refractivity contribution in [2.24, 2.45) is 5.10 Å². The first-order chi connectivity index (χ1) is 7.07. The molecule has 1 N–H and O–H groups in total. The molecule has 0 unspecified atom stereocenters. The fourth-order valence-corrected chi connectivity index (χ4v) is 1.44. The quantitative estimate of drug-likeness (QED) is 0.762. The molecule has 1 heterocycles. The molecule has 15 heavy (non-hydrogen) atoms. The average molecular weight is 214 g/mol. The Balaban J connectivity index is 2.24. The van der Waals surface area contributed by atoms with Gasteiger partial charge >= 0.3 is 6.18 Å². The van der Waals surface area contributed by atoms with Gasteiger partial charge in [-0.25, -0.2) is 0 Å². The van der Waals surface area contributed by atoms with Crippen LogP contribution in [0.25, 0.3) is 0 Å². The first kappa shape index (κ1) is 10.0. The van der Waals surface area contributed by atoms with Crippen LogP contribution in [0.3, 0.4) is 0 Å². The predicted octanol–water partition coefficient (Wildman–Crippen LogP) is 2.40. The fourth-order valence-electron chi connectivity index (χ4n) is 1.44. The van der Waals surface area contributed by atoms with Crippen LogP contribution in [0.1, 0.15) is 17.5 Å². The second-order valence-corrected chi connectivity index (χ2v) is 3.29. The molecular formula is C10H9F3N2. The van der Waals surface area contributed by atoms with Gasteiger partial charge in [0.25, 0.3) is 0 Å². The summed E-state index contributed by atoms with van der Waals surface area (Å²) in [6, 6.07) is 5.07. The summed E-state index contributed by atoms with van der Waals surface area (Å²) >= 11 is 0. The number of nitrogens with zero attached hydrogens (tertiary/aromatic N) is 1. The monoisotopic (exact) mass is 214 g/mol. The van der Waals surface area contributed by atoms with Gasteiger partial charge in [0, 0.05) is 13.0 Å². The minimum absolute atomic E-state index is 0.627. The number of hydrazone groups is 1. The number of hydrogen-bond donors (Lipinski definition) is 1. The normalized spacial score (nSPS) is 16.1. The number of halogens is 3. The second-order valence-electron chi connectivity index (χ2n) is 3.29. The highest BCUT2D eigenvalue weighted by Crippen LogP contribution is 2.29. The molecule has 0 aliphatic carbocycles. The Morgan fingerprint density at radius 1 is 1.13 bits per heavy atom. The molecule has 0 spiro atoms. The lowest BCUT2D eigenvalue weighted by Gasteiger charge is -2.06. The van der Waals surface area contributed by atoms with E-state index >= 15 is 0 Å². The highest BCUT2D eigenvalue weighted by molar-refractivity contribution is 6.01. The van der Waals surface area contributed by atoms with Crippen LogP contribution in [0.2, 0.25) is 0 Å². The van der Waals surface area contributed by atoms with Gasteiger partial charge in [-0.1, -0.05) is 12.1 Å². The van der Waals surface area contributed by atoms with Crippen LogP contribution in [-0.2, 0) is 6.18 Å². The van der Waals surface area contributed by atoms with Crippen LogP contribution in [0.5, 0.6) is 0 Å². The first-order valence-corrected chi connectivity index (χ1v) is 4.54. The zero-order valence-corrected chi connectivity index (χ0v) is 7.80. The Bertz CT molecular complexity index is 379. The van der Waals surface area contributed by atoms with E-state index in [9.17, 15) is 13.2 Å². The molecule has 0 bridgehead atoms. The molecule has 1 aliphatic heterocycles. The topological polar surface area (TPSA) is 24.4 Å². The summed E-state index contributed by atoms with van der Waals surface area (Å²) < 4.78 is 36.8. The van der Waals surface area contributed by atoms with Crippen molar-refractivity contribution in [3.05, 3.63) is 35.4 Å². The largest absolute Gasteiger partial charge is 0.416 e. The molecule has 1 aliphatic rings. The third-order valence-corrected chi connectivity index (χ3v) is 2.23. The van der Waals surface area contributed by atoms with Crippen LogP contribution in [-0.4, -0.2) is 12.3 Å². The highest BCUT2D eigenvalue weighted by Gasteiger charge is 2.30. The van der Waals surface area contributed by atoms with Crippen LogP contribution >= 0.6 is 0 Å². The minimum Gasteiger partial charge on any atom is -0.309 e. The van der Waals surface area contributed by atoms with Crippen molar-refractivity contribution >= 4 is 5.71 Å². The molecule has 5 heteroatoms. The van der Waals surface area contributed by atoms with E-state index < -0.39 is 11.7 Å². The zero-order chi connectivity index (χ0) is 10.9. The molecule has 0 aromatic heterocycles. The van der Waals surface area contributed by atoms with E-state index in [1.807, 2.05) is 0 Å². The third-order valence-electron chi connectivity index (χ3n) is 2.23. The van der Waals surface area contributed by atoms with Crippen molar-refractivity contribution in [3.63, 3.8) is 0 Å². The molecule has 0 saturated carbocycles. The Hall–Kier alpha value is -1.52. The summed E-state index contributed by atoms with van der Waals surface area (Å²) in [6.07, 6.45) is -3.51. The van der Waals surface area contributed by atoms with Crippen molar-refractivity contribution in [1.29, 1.82) is 0 Å². The Morgan fingerprint density at radius 2 is 1.80 bits per heavy atom. The Kier molecular flexibility index (Phi) is 2.38. The lowest BCUT2D eigenvalue weighted by atomic mass is 10.1. The lowest BCUT2D eigenvalue weighted by Crippen LogP contribution is -2.05. The molecule has 2 rings (SSSR count). The number of hydrogen-bond acceptors (Lipinski definition) is 2. The zero-order valence-electron chi connectivity index (χ0n) is 7.80. The maximum absolute atomic E-state index is 12.3. The maximum atomic E-state index is 12.3. The van der Waals surface area contributed by atoms with E-state index in [-0.39, 0.29) is 0 Å². The highest BCUT2D eigenvalue weighted by atomic mass is 19.4. The van der Waals surface area contributed by atoms with Gasteiger partial charge in [-0.15, -0.1) is 0 Å². The van der Waals surface area contributed by atoms with E-state index in [2.05, 4.69) is 10.5 Å². The number of alkyl halides is 3. The summed E-state index contributed by atoms with van der Waals surface area (Å²) in [5, 5.41) is 3.98. The second kappa shape index (κ2) is 3.56. The predicted molar refractivity (Wildman–Crippen MR) is 50.6 cm³/mol. The molecule has 0 fully saturated rings. The van der Waals surface area contributed by atoms with Gasteiger partial charge in [-0.2, -0.15) is 18.3 Å². The standard InChI is InChI=1S/C10H9F3N2/c11-10(12,13)8-3-1-7(2-4-8)9-5-6-14-15-9/h1-4,14H,5-6H2. The minimum atomic E-state index is -4.27. The Morgan fingerprint density at radius 3 is 2.27 bits per heavy atom. The van der Waals surface area contributed by atoms with Gasteiger partial charge in [-0.05, 0) is 17.7 Å². The third kappa shape index (κ3) is 2.11. The van der Waals surface area contributed by atoms with E-state index in [0.717, 1.165) is 36.4 Å². The number of rotatable bonds is 1. The van der Waals surface area contributed by atoms with Crippen molar-refractivity contribution in [2.75, 3.05) is 6.54 Å². The van der Waals surface area contributed by atoms with Crippen molar-refractivity contribution in [2.45, 2.75) is 12.6 Å². The first-order valence-electron chi connectivity index (χ1n) is 4.54. The molecular weight excluding hydrogens is 205 g/mol. The van der Waals surface area contributed by atoms with Crippen LogP contribution in [0.15, 0.2) is 29.4 Å². The van der Waals surface area contributed by atoms with Crippen molar-refractivity contribution in [1.82, 2.24) is 5.43 Å². The van der Waals surface area contributed by atoms with E-state index in [4.69, 9.17) is 0 Å². The van der Waals surface area contributed by atoms with Gasteiger partial charge in [0.1, 0.15) is 0 Å². The van der Waals surface area contributed by atoms with E-state index in [1.165, 1.54) is 12.1 Å². The number of benzene rings is 1. The molecule has 0 amide bonds. The van der Waals surface area contributed by atoms with Crippen molar-refractivity contribution in [3.8, 4) is 0 Å². The smallest absolute Gasteiger partial charge is 0.309 e. The molecule has 0 atom stereocenters. The number of nitrogens with one attached hydrogen (secondary N) is 1. The van der Waals surface area contributed by atoms with Gasteiger partial charge < -0.3 is 5.43 Å². The van der Waals surface area contributed by atoms with E-state index in [1.54, 1.807) is 0 Å².